The summed E-state index contributed by atoms with van der Waals surface area (Å²) in [6, 6.07) is 11.7. The van der Waals surface area contributed by atoms with Crippen molar-refractivity contribution in [2.45, 2.75) is 62.3 Å². The highest BCUT2D eigenvalue weighted by atomic mass is 31.2. The molecule has 0 unspecified atom stereocenters. The van der Waals surface area contributed by atoms with E-state index < -0.39 is 7.82 Å². The van der Waals surface area contributed by atoms with Gasteiger partial charge in [0.25, 0.3) is 0 Å². The van der Waals surface area contributed by atoms with Crippen molar-refractivity contribution in [2.75, 3.05) is 0 Å². The molecular weight excluding hydrogens is 419 g/mol. The van der Waals surface area contributed by atoms with Gasteiger partial charge in [0.2, 0.25) is 0 Å². The molecule has 0 atom stereocenters. The molecule has 0 aromatic heterocycles. The maximum atomic E-state index is 14.1. The fraction of sp³-hybridized carbons (Fsp3) is 0.333. The number of rotatable bonds is 6. The zero-order valence-corrected chi connectivity index (χ0v) is 21.4. The highest BCUT2D eigenvalue weighted by Gasteiger charge is 2.35. The topological polar surface area (TPSA) is 44.8 Å². The molecule has 170 valence electrons. The zero-order valence-electron chi connectivity index (χ0n) is 20.5. The van der Waals surface area contributed by atoms with Gasteiger partial charge in [0, 0.05) is 0 Å². The average molecular weight is 453 g/mol. The van der Waals surface area contributed by atoms with Gasteiger partial charge in [-0.2, -0.15) is 4.57 Å². The molecule has 0 amide bonds. The Kier molecular flexibility index (Phi) is 6.76. The number of phosphoric ester groups is 1. The van der Waals surface area contributed by atoms with E-state index in [4.69, 9.17) is 13.6 Å². The van der Waals surface area contributed by atoms with Gasteiger partial charge in [-0.05, 0) is 131 Å². The first-order valence-corrected chi connectivity index (χ1v) is 12.3. The summed E-state index contributed by atoms with van der Waals surface area (Å²) in [6.07, 6.45) is 0. The second-order valence-corrected chi connectivity index (χ2v) is 10.3. The highest BCUT2D eigenvalue weighted by Crippen LogP contribution is 2.52. The van der Waals surface area contributed by atoms with E-state index >= 15 is 0 Å². The van der Waals surface area contributed by atoms with Gasteiger partial charge in [0.1, 0.15) is 17.2 Å². The van der Waals surface area contributed by atoms with Crippen LogP contribution in [0.3, 0.4) is 0 Å². The van der Waals surface area contributed by atoms with Gasteiger partial charge >= 0.3 is 7.82 Å². The second kappa shape index (κ2) is 9.03. The average Bonchev–Trinajstić information content (AvgIpc) is 2.68. The maximum absolute atomic E-state index is 14.1. The lowest BCUT2D eigenvalue weighted by Crippen LogP contribution is -2.10. The third-order valence-electron chi connectivity index (χ3n) is 6.00. The molecule has 0 fully saturated rings. The first-order chi connectivity index (χ1) is 14.9. The second-order valence-electron chi connectivity index (χ2n) is 8.83. The molecule has 0 bridgehead atoms. The molecule has 0 radical (unpaired) electrons. The van der Waals surface area contributed by atoms with Gasteiger partial charge in [0.05, 0.1) is 0 Å². The van der Waals surface area contributed by atoms with Gasteiger partial charge in [0.15, 0.2) is 0 Å². The standard InChI is InChI=1S/C27H33O4P/c1-16-10-22(7)25(13-19(16)4)29-32(28,30-26-14-20(5)17(2)11-23(26)8)31-27-15-21(6)18(3)12-24(27)9/h10-15H,1-9H3. The van der Waals surface area contributed by atoms with E-state index in [1.54, 1.807) is 0 Å². The molecule has 0 aliphatic carbocycles. The van der Waals surface area contributed by atoms with Crippen LogP contribution in [-0.4, -0.2) is 0 Å². The smallest absolute Gasteiger partial charge is 0.386 e. The van der Waals surface area contributed by atoms with E-state index in [-0.39, 0.29) is 0 Å². The molecule has 5 heteroatoms. The van der Waals surface area contributed by atoms with Crippen molar-refractivity contribution in [2.24, 2.45) is 0 Å². The van der Waals surface area contributed by atoms with Crippen LogP contribution in [0.2, 0.25) is 0 Å². The van der Waals surface area contributed by atoms with E-state index in [9.17, 15) is 4.57 Å². The van der Waals surface area contributed by atoms with Crippen LogP contribution in [0.15, 0.2) is 36.4 Å². The van der Waals surface area contributed by atoms with Crippen LogP contribution >= 0.6 is 7.82 Å². The summed E-state index contributed by atoms with van der Waals surface area (Å²) >= 11 is 0. The number of aryl methyl sites for hydroxylation is 9. The van der Waals surface area contributed by atoms with Crippen molar-refractivity contribution >= 4 is 7.82 Å². The SMILES string of the molecule is Cc1cc(C)c(OP(=O)(Oc2cc(C)c(C)cc2C)Oc2cc(C)c(C)cc2C)cc1C. The van der Waals surface area contributed by atoms with Crippen LogP contribution in [0.1, 0.15) is 50.1 Å². The molecule has 0 aliphatic rings. The van der Waals surface area contributed by atoms with Crippen molar-refractivity contribution in [3.63, 3.8) is 0 Å². The van der Waals surface area contributed by atoms with E-state index in [2.05, 4.69) is 0 Å². The molecule has 32 heavy (non-hydrogen) atoms. The summed E-state index contributed by atoms with van der Waals surface area (Å²) in [7, 11) is -4.07. The summed E-state index contributed by atoms with van der Waals surface area (Å²) in [5.74, 6) is 1.46. The Labute approximate surface area is 192 Å². The van der Waals surface area contributed by atoms with Crippen LogP contribution in [-0.2, 0) is 4.57 Å². The quantitative estimate of drug-likeness (QED) is 0.354. The predicted molar refractivity (Wildman–Crippen MR) is 131 cm³/mol. The molecule has 0 aliphatic heterocycles. The minimum Gasteiger partial charge on any atom is -0.386 e. The van der Waals surface area contributed by atoms with Crippen LogP contribution in [0.25, 0.3) is 0 Å². The highest BCUT2D eigenvalue weighted by molar-refractivity contribution is 7.49. The predicted octanol–water partition coefficient (Wildman–Crippen LogP) is 8.11. The van der Waals surface area contributed by atoms with Gasteiger partial charge in [-0.25, -0.2) is 0 Å². The minimum absolute atomic E-state index is 0.486. The number of hydrogen-bond donors (Lipinski definition) is 0. The van der Waals surface area contributed by atoms with Crippen molar-refractivity contribution in [3.05, 3.63) is 86.5 Å². The van der Waals surface area contributed by atoms with Crippen molar-refractivity contribution < 1.29 is 18.1 Å². The first kappa shape index (κ1) is 23.9. The van der Waals surface area contributed by atoms with Crippen LogP contribution < -0.4 is 13.6 Å². The molecule has 0 saturated heterocycles. The summed E-state index contributed by atoms with van der Waals surface area (Å²) in [5.41, 5.74) is 9.16. The molecule has 3 aromatic carbocycles. The summed E-state index contributed by atoms with van der Waals surface area (Å²) < 4.78 is 32.2. The van der Waals surface area contributed by atoms with Gasteiger partial charge < -0.3 is 13.6 Å². The number of benzene rings is 3. The van der Waals surface area contributed by atoms with E-state index in [1.807, 2.05) is 98.7 Å². The largest absolute Gasteiger partial charge is 0.647 e. The number of hydrogen-bond acceptors (Lipinski definition) is 4. The lowest BCUT2D eigenvalue weighted by molar-refractivity contribution is 0.296. The Morgan fingerprint density at radius 1 is 0.406 bits per heavy atom. The maximum Gasteiger partial charge on any atom is 0.647 e. The number of phosphoric acid groups is 1. The zero-order chi connectivity index (χ0) is 23.8. The minimum atomic E-state index is -4.07. The Hall–Kier alpha value is -2.71. The molecule has 0 N–H and O–H groups in total. The van der Waals surface area contributed by atoms with Gasteiger partial charge in [-0.3, -0.25) is 0 Å². The van der Waals surface area contributed by atoms with Crippen molar-refractivity contribution in [1.82, 2.24) is 0 Å². The monoisotopic (exact) mass is 452 g/mol. The summed E-state index contributed by atoms with van der Waals surface area (Å²) in [4.78, 5) is 0. The van der Waals surface area contributed by atoms with Crippen molar-refractivity contribution in [1.29, 1.82) is 0 Å². The van der Waals surface area contributed by atoms with Gasteiger partial charge in [-0.1, -0.05) is 18.2 Å². The molecule has 0 heterocycles. The van der Waals surface area contributed by atoms with Crippen LogP contribution in [0.5, 0.6) is 17.2 Å². The van der Waals surface area contributed by atoms with E-state index in [0.29, 0.717) is 17.2 Å². The summed E-state index contributed by atoms with van der Waals surface area (Å²) in [6.45, 7) is 17.9. The van der Waals surface area contributed by atoms with Crippen LogP contribution in [0, 0.1) is 62.3 Å². The Morgan fingerprint density at radius 2 is 0.625 bits per heavy atom. The third-order valence-corrected chi connectivity index (χ3v) is 7.27. The molecule has 3 aromatic rings. The first-order valence-electron chi connectivity index (χ1n) is 10.8. The summed E-state index contributed by atoms with van der Waals surface area (Å²) in [5, 5.41) is 0. The molecule has 4 nitrogen and oxygen atoms in total. The Bertz CT molecular complexity index is 1080. The molecule has 0 saturated carbocycles. The van der Waals surface area contributed by atoms with E-state index in [1.165, 1.54) is 0 Å². The van der Waals surface area contributed by atoms with Crippen LogP contribution in [0.4, 0.5) is 0 Å². The van der Waals surface area contributed by atoms with E-state index in [0.717, 1.165) is 50.1 Å². The van der Waals surface area contributed by atoms with Crippen molar-refractivity contribution in [3.8, 4) is 17.2 Å². The lowest BCUT2D eigenvalue weighted by atomic mass is 10.1. The Morgan fingerprint density at radius 3 is 0.875 bits per heavy atom. The normalized spacial score (nSPS) is 11.4. The van der Waals surface area contributed by atoms with Gasteiger partial charge in [-0.15, -0.1) is 0 Å². The molecule has 0 spiro atoms. The molecule has 3 rings (SSSR count). The lowest BCUT2D eigenvalue weighted by Gasteiger charge is -2.23. The fourth-order valence-corrected chi connectivity index (χ4v) is 4.94. The Balaban J connectivity index is 2.08. The third kappa shape index (κ3) is 5.19. The fourth-order valence-electron chi connectivity index (χ4n) is 3.51. The molecular formula is C27H33O4P.